The van der Waals surface area contributed by atoms with Crippen LogP contribution in [0.3, 0.4) is 0 Å². The SMILES string of the molecule is CCC(N)Cc1cnn(CCCC2CCCO2)c1. The molecule has 1 saturated heterocycles. The third-order valence-corrected chi connectivity index (χ3v) is 3.65. The summed E-state index contributed by atoms with van der Waals surface area (Å²) in [5, 5.41) is 4.39. The van der Waals surface area contributed by atoms with E-state index in [9.17, 15) is 0 Å². The van der Waals surface area contributed by atoms with Crippen LogP contribution in [0.5, 0.6) is 0 Å². The van der Waals surface area contributed by atoms with Crippen LogP contribution in [0.15, 0.2) is 12.4 Å². The minimum Gasteiger partial charge on any atom is -0.378 e. The zero-order chi connectivity index (χ0) is 12.8. The Kier molecular flexibility index (Phi) is 5.20. The zero-order valence-corrected chi connectivity index (χ0v) is 11.3. The van der Waals surface area contributed by atoms with Crippen LogP contribution >= 0.6 is 0 Å². The highest BCUT2D eigenvalue weighted by Crippen LogP contribution is 2.17. The van der Waals surface area contributed by atoms with Gasteiger partial charge in [0.05, 0.1) is 12.3 Å². The van der Waals surface area contributed by atoms with Crippen molar-refractivity contribution in [2.75, 3.05) is 6.61 Å². The van der Waals surface area contributed by atoms with Gasteiger partial charge in [0.2, 0.25) is 0 Å². The van der Waals surface area contributed by atoms with Gasteiger partial charge in [-0.05, 0) is 44.1 Å². The van der Waals surface area contributed by atoms with Crippen molar-refractivity contribution in [3.05, 3.63) is 18.0 Å². The van der Waals surface area contributed by atoms with Gasteiger partial charge in [0.15, 0.2) is 0 Å². The molecular weight excluding hydrogens is 226 g/mol. The van der Waals surface area contributed by atoms with E-state index in [0.717, 1.165) is 38.8 Å². The molecule has 0 amide bonds. The van der Waals surface area contributed by atoms with Crippen molar-refractivity contribution in [2.45, 2.75) is 64.1 Å². The molecule has 102 valence electrons. The fourth-order valence-corrected chi connectivity index (χ4v) is 2.43. The van der Waals surface area contributed by atoms with E-state index in [2.05, 4.69) is 18.2 Å². The first-order valence-electron chi connectivity index (χ1n) is 7.16. The summed E-state index contributed by atoms with van der Waals surface area (Å²) in [5.74, 6) is 0. The molecule has 2 atom stereocenters. The van der Waals surface area contributed by atoms with E-state index in [0.29, 0.717) is 6.10 Å². The molecule has 2 unspecified atom stereocenters. The fourth-order valence-electron chi connectivity index (χ4n) is 2.43. The predicted octanol–water partition coefficient (Wildman–Crippen LogP) is 2.12. The summed E-state index contributed by atoms with van der Waals surface area (Å²) < 4.78 is 7.65. The molecule has 1 aromatic rings. The van der Waals surface area contributed by atoms with E-state index in [1.54, 1.807) is 0 Å². The van der Waals surface area contributed by atoms with E-state index >= 15 is 0 Å². The smallest absolute Gasteiger partial charge is 0.0576 e. The van der Waals surface area contributed by atoms with Crippen molar-refractivity contribution >= 4 is 0 Å². The number of rotatable bonds is 7. The number of hydrogen-bond acceptors (Lipinski definition) is 3. The molecule has 0 bridgehead atoms. The summed E-state index contributed by atoms with van der Waals surface area (Å²) in [6.07, 6.45) is 11.3. The molecule has 4 nitrogen and oxygen atoms in total. The number of ether oxygens (including phenoxy) is 1. The molecular formula is C14H25N3O. The molecule has 4 heteroatoms. The highest BCUT2D eigenvalue weighted by Gasteiger charge is 2.14. The van der Waals surface area contributed by atoms with Gasteiger partial charge >= 0.3 is 0 Å². The Morgan fingerprint density at radius 3 is 3.22 bits per heavy atom. The summed E-state index contributed by atoms with van der Waals surface area (Å²) in [4.78, 5) is 0. The van der Waals surface area contributed by atoms with E-state index in [4.69, 9.17) is 10.5 Å². The lowest BCUT2D eigenvalue weighted by molar-refractivity contribution is 0.101. The highest BCUT2D eigenvalue weighted by atomic mass is 16.5. The van der Waals surface area contributed by atoms with Crippen molar-refractivity contribution in [3.8, 4) is 0 Å². The highest BCUT2D eigenvalue weighted by molar-refractivity contribution is 5.05. The lowest BCUT2D eigenvalue weighted by Gasteiger charge is -2.08. The maximum Gasteiger partial charge on any atom is 0.0576 e. The molecule has 2 rings (SSSR count). The van der Waals surface area contributed by atoms with Crippen molar-refractivity contribution in [1.29, 1.82) is 0 Å². The number of nitrogens with two attached hydrogens (primary N) is 1. The first kappa shape index (κ1) is 13.6. The second-order valence-corrected chi connectivity index (χ2v) is 5.26. The molecule has 1 aromatic heterocycles. The summed E-state index contributed by atoms with van der Waals surface area (Å²) in [6.45, 7) is 4.06. The molecule has 18 heavy (non-hydrogen) atoms. The van der Waals surface area contributed by atoms with E-state index in [1.165, 1.54) is 18.4 Å². The molecule has 0 aliphatic carbocycles. The lowest BCUT2D eigenvalue weighted by Crippen LogP contribution is -2.21. The molecule has 0 saturated carbocycles. The van der Waals surface area contributed by atoms with Crippen LogP contribution < -0.4 is 5.73 Å². The third-order valence-electron chi connectivity index (χ3n) is 3.65. The maximum absolute atomic E-state index is 5.94. The normalized spacial score (nSPS) is 21.3. The van der Waals surface area contributed by atoms with Gasteiger partial charge in [0.1, 0.15) is 0 Å². The topological polar surface area (TPSA) is 53.1 Å². The molecule has 0 aromatic carbocycles. The number of nitrogens with zero attached hydrogens (tertiary/aromatic N) is 2. The van der Waals surface area contributed by atoms with Crippen molar-refractivity contribution < 1.29 is 4.74 Å². The molecule has 1 fully saturated rings. The average molecular weight is 251 g/mol. The standard InChI is InChI=1S/C14H25N3O/c1-2-13(15)9-12-10-16-17(11-12)7-3-5-14-6-4-8-18-14/h10-11,13-14H,2-9,15H2,1H3. The Morgan fingerprint density at radius 2 is 2.50 bits per heavy atom. The van der Waals surface area contributed by atoms with Gasteiger partial charge in [-0.1, -0.05) is 6.92 Å². The Bertz CT molecular complexity index is 345. The fraction of sp³-hybridized carbons (Fsp3) is 0.786. The number of hydrogen-bond donors (Lipinski definition) is 1. The minimum atomic E-state index is 0.259. The van der Waals surface area contributed by atoms with Crippen LogP contribution in [-0.4, -0.2) is 28.5 Å². The Morgan fingerprint density at radius 1 is 1.61 bits per heavy atom. The van der Waals surface area contributed by atoms with Crippen molar-refractivity contribution in [3.63, 3.8) is 0 Å². The Hall–Kier alpha value is -0.870. The maximum atomic E-state index is 5.94. The van der Waals surface area contributed by atoms with Gasteiger partial charge in [-0.25, -0.2) is 0 Å². The summed E-state index contributed by atoms with van der Waals surface area (Å²) in [7, 11) is 0. The average Bonchev–Trinajstić information content (AvgIpc) is 3.01. The van der Waals surface area contributed by atoms with Crippen LogP contribution in [0.1, 0.15) is 44.6 Å². The second kappa shape index (κ2) is 6.90. The quantitative estimate of drug-likeness (QED) is 0.807. The van der Waals surface area contributed by atoms with E-state index in [-0.39, 0.29) is 6.04 Å². The number of aryl methyl sites for hydroxylation is 1. The van der Waals surface area contributed by atoms with Gasteiger partial charge < -0.3 is 10.5 Å². The first-order chi connectivity index (χ1) is 8.78. The van der Waals surface area contributed by atoms with Gasteiger partial charge in [-0.2, -0.15) is 5.10 Å². The van der Waals surface area contributed by atoms with Crippen molar-refractivity contribution in [2.24, 2.45) is 5.73 Å². The van der Waals surface area contributed by atoms with Crippen LogP contribution in [0.4, 0.5) is 0 Å². The molecule has 2 N–H and O–H groups in total. The molecule has 2 heterocycles. The Labute approximate surface area is 110 Å². The largest absolute Gasteiger partial charge is 0.378 e. The minimum absolute atomic E-state index is 0.259. The third kappa shape index (κ3) is 4.10. The predicted molar refractivity (Wildman–Crippen MR) is 72.4 cm³/mol. The second-order valence-electron chi connectivity index (χ2n) is 5.26. The number of aromatic nitrogens is 2. The van der Waals surface area contributed by atoms with Crippen LogP contribution in [0, 0.1) is 0 Å². The first-order valence-corrected chi connectivity index (χ1v) is 7.16. The van der Waals surface area contributed by atoms with Crippen LogP contribution in [-0.2, 0) is 17.7 Å². The summed E-state index contributed by atoms with van der Waals surface area (Å²) in [5.41, 5.74) is 7.19. The molecule has 0 spiro atoms. The summed E-state index contributed by atoms with van der Waals surface area (Å²) in [6, 6.07) is 0.259. The molecule has 1 aliphatic heterocycles. The summed E-state index contributed by atoms with van der Waals surface area (Å²) >= 11 is 0. The Balaban J connectivity index is 1.69. The van der Waals surface area contributed by atoms with Crippen LogP contribution in [0.25, 0.3) is 0 Å². The lowest BCUT2D eigenvalue weighted by atomic mass is 10.1. The molecule has 1 aliphatic rings. The van der Waals surface area contributed by atoms with Gasteiger partial charge in [-0.15, -0.1) is 0 Å². The van der Waals surface area contributed by atoms with Crippen molar-refractivity contribution in [1.82, 2.24) is 9.78 Å². The molecule has 0 radical (unpaired) electrons. The van der Waals surface area contributed by atoms with Gasteiger partial charge in [0.25, 0.3) is 0 Å². The van der Waals surface area contributed by atoms with E-state index < -0.39 is 0 Å². The zero-order valence-electron chi connectivity index (χ0n) is 11.3. The van der Waals surface area contributed by atoms with Crippen LogP contribution in [0.2, 0.25) is 0 Å². The van der Waals surface area contributed by atoms with Gasteiger partial charge in [0, 0.05) is 25.4 Å². The monoisotopic (exact) mass is 251 g/mol. The van der Waals surface area contributed by atoms with E-state index in [1.807, 2.05) is 10.9 Å². The van der Waals surface area contributed by atoms with Gasteiger partial charge in [-0.3, -0.25) is 4.68 Å².